The Morgan fingerprint density at radius 3 is 2.85 bits per heavy atom. The number of hydrogen-bond acceptors (Lipinski definition) is 3. The Morgan fingerprint density at radius 1 is 1.23 bits per heavy atom. The number of hydrogen-bond donors (Lipinski definition) is 2. The van der Waals surface area contributed by atoms with Gasteiger partial charge in [0.25, 0.3) is 0 Å². The van der Waals surface area contributed by atoms with Crippen molar-refractivity contribution in [2.45, 2.75) is 18.8 Å². The molecule has 2 aromatic carbocycles. The maximum absolute atomic E-state index is 9.12. The van der Waals surface area contributed by atoms with Crippen LogP contribution in [0, 0.1) is 17.2 Å². The van der Waals surface area contributed by atoms with Gasteiger partial charge in [0.1, 0.15) is 5.75 Å². The molecule has 0 aliphatic heterocycles. The van der Waals surface area contributed by atoms with Crippen LogP contribution in [0.4, 0.5) is 0 Å². The normalized spacial score (nSPS) is 18.6. The van der Waals surface area contributed by atoms with E-state index in [1.807, 2.05) is 30.3 Å². The van der Waals surface area contributed by atoms with Crippen LogP contribution in [0.3, 0.4) is 0 Å². The number of aromatic nitrogens is 1. The quantitative estimate of drug-likeness (QED) is 0.637. The van der Waals surface area contributed by atoms with Gasteiger partial charge in [-0.1, -0.05) is 12.1 Å². The van der Waals surface area contributed by atoms with Gasteiger partial charge in [-0.3, -0.25) is 0 Å². The third-order valence-electron chi connectivity index (χ3n) is 5.32. The second-order valence-corrected chi connectivity index (χ2v) is 7.02. The molecule has 26 heavy (non-hydrogen) atoms. The molecule has 2 unspecified atom stereocenters. The Kier molecular flexibility index (Phi) is 4.64. The third-order valence-corrected chi connectivity index (χ3v) is 5.32. The minimum Gasteiger partial charge on any atom is -0.497 e. The summed E-state index contributed by atoms with van der Waals surface area (Å²) in [7, 11) is 1.69. The van der Waals surface area contributed by atoms with E-state index in [2.05, 4.69) is 34.7 Å². The number of rotatable bonds is 7. The molecule has 1 saturated carbocycles. The molecule has 0 saturated heterocycles. The van der Waals surface area contributed by atoms with Crippen LogP contribution in [-0.2, 0) is 6.42 Å². The first-order chi connectivity index (χ1) is 12.8. The lowest BCUT2D eigenvalue weighted by Crippen LogP contribution is -2.20. The number of fused-ring (bicyclic) bond motifs is 1. The van der Waals surface area contributed by atoms with Gasteiger partial charge >= 0.3 is 0 Å². The van der Waals surface area contributed by atoms with E-state index in [-0.39, 0.29) is 0 Å². The van der Waals surface area contributed by atoms with Crippen LogP contribution in [-0.4, -0.2) is 25.2 Å². The van der Waals surface area contributed by atoms with Gasteiger partial charge in [-0.05, 0) is 79.2 Å². The summed E-state index contributed by atoms with van der Waals surface area (Å²) in [5, 5.41) is 13.9. The maximum Gasteiger partial charge on any atom is 0.118 e. The fraction of sp³-hybridized carbons (Fsp3) is 0.318. The first-order valence-corrected chi connectivity index (χ1v) is 9.13. The molecule has 0 bridgehead atoms. The molecule has 4 nitrogen and oxygen atoms in total. The Morgan fingerprint density at radius 2 is 2.08 bits per heavy atom. The molecule has 4 rings (SSSR count). The summed E-state index contributed by atoms with van der Waals surface area (Å²) in [6.45, 7) is 2.04. The number of nitriles is 1. The number of aromatic amines is 1. The summed E-state index contributed by atoms with van der Waals surface area (Å²) in [4.78, 5) is 3.34. The Labute approximate surface area is 153 Å². The molecular formula is C22H23N3O. The Balaban J connectivity index is 1.29. The minimum atomic E-state index is 0.603. The number of ether oxygens (including phenoxy) is 1. The molecule has 0 spiro atoms. The number of benzene rings is 2. The van der Waals surface area contributed by atoms with E-state index >= 15 is 0 Å². The van der Waals surface area contributed by atoms with Crippen molar-refractivity contribution in [2.75, 3.05) is 20.2 Å². The fourth-order valence-electron chi connectivity index (χ4n) is 3.69. The molecule has 3 aromatic rings. The van der Waals surface area contributed by atoms with Crippen molar-refractivity contribution in [3.63, 3.8) is 0 Å². The minimum absolute atomic E-state index is 0.603. The van der Waals surface area contributed by atoms with Crippen LogP contribution < -0.4 is 10.1 Å². The van der Waals surface area contributed by atoms with Crippen LogP contribution in [0.5, 0.6) is 5.75 Å². The second kappa shape index (κ2) is 7.23. The van der Waals surface area contributed by atoms with Gasteiger partial charge in [-0.2, -0.15) is 5.26 Å². The summed E-state index contributed by atoms with van der Waals surface area (Å²) in [5.41, 5.74) is 4.54. The molecule has 1 heterocycles. The molecule has 4 heteroatoms. The van der Waals surface area contributed by atoms with Crippen molar-refractivity contribution >= 4 is 10.9 Å². The van der Waals surface area contributed by atoms with Crippen LogP contribution >= 0.6 is 0 Å². The monoisotopic (exact) mass is 345 g/mol. The molecule has 1 fully saturated rings. The fourth-order valence-corrected chi connectivity index (χ4v) is 3.69. The van der Waals surface area contributed by atoms with E-state index in [1.165, 1.54) is 22.9 Å². The van der Waals surface area contributed by atoms with Crippen LogP contribution in [0.25, 0.3) is 10.9 Å². The predicted molar refractivity (Wildman–Crippen MR) is 103 cm³/mol. The molecular weight excluding hydrogens is 322 g/mol. The van der Waals surface area contributed by atoms with E-state index < -0.39 is 0 Å². The third kappa shape index (κ3) is 3.44. The number of nitrogens with one attached hydrogen (secondary N) is 2. The topological polar surface area (TPSA) is 60.8 Å². The Bertz CT molecular complexity index is 936. The summed E-state index contributed by atoms with van der Waals surface area (Å²) in [6.07, 6.45) is 4.37. The van der Waals surface area contributed by atoms with Crippen molar-refractivity contribution in [1.82, 2.24) is 10.3 Å². The first-order valence-electron chi connectivity index (χ1n) is 9.13. The van der Waals surface area contributed by atoms with E-state index in [0.29, 0.717) is 11.8 Å². The van der Waals surface area contributed by atoms with Gasteiger partial charge in [0.2, 0.25) is 0 Å². The van der Waals surface area contributed by atoms with Gasteiger partial charge in [-0.25, -0.2) is 0 Å². The molecule has 0 radical (unpaired) electrons. The highest BCUT2D eigenvalue weighted by Crippen LogP contribution is 2.49. The molecule has 1 aromatic heterocycles. The van der Waals surface area contributed by atoms with Gasteiger partial charge in [0.15, 0.2) is 0 Å². The molecule has 2 atom stereocenters. The highest BCUT2D eigenvalue weighted by molar-refractivity contribution is 5.85. The largest absolute Gasteiger partial charge is 0.497 e. The zero-order valence-corrected chi connectivity index (χ0v) is 15.0. The highest BCUT2D eigenvalue weighted by Gasteiger charge is 2.39. The van der Waals surface area contributed by atoms with Gasteiger partial charge in [0.05, 0.1) is 18.7 Å². The second-order valence-electron chi connectivity index (χ2n) is 7.02. The molecule has 0 amide bonds. The summed E-state index contributed by atoms with van der Waals surface area (Å²) >= 11 is 0. The standard InChI is InChI=1S/C22H23N3O/c1-26-18-5-2-15(3-6-18)8-9-24-13-17-11-19(17)21-14-25-22-7-4-16(12-23)10-20(21)22/h2-7,10,14,17,19,24-25H,8-9,11,13H2,1H3. The van der Waals surface area contributed by atoms with Crippen molar-refractivity contribution in [3.05, 3.63) is 65.4 Å². The van der Waals surface area contributed by atoms with Crippen molar-refractivity contribution in [3.8, 4) is 11.8 Å². The average molecular weight is 345 g/mol. The lowest BCUT2D eigenvalue weighted by Gasteiger charge is -2.06. The molecule has 132 valence electrons. The van der Waals surface area contributed by atoms with Crippen LogP contribution in [0.15, 0.2) is 48.7 Å². The maximum atomic E-state index is 9.12. The van der Waals surface area contributed by atoms with Crippen molar-refractivity contribution in [1.29, 1.82) is 5.26 Å². The smallest absolute Gasteiger partial charge is 0.118 e. The molecule has 1 aliphatic rings. The van der Waals surface area contributed by atoms with Gasteiger partial charge in [-0.15, -0.1) is 0 Å². The van der Waals surface area contributed by atoms with Crippen LogP contribution in [0.2, 0.25) is 0 Å². The van der Waals surface area contributed by atoms with E-state index in [9.17, 15) is 0 Å². The summed E-state index contributed by atoms with van der Waals surface area (Å²) in [6, 6.07) is 16.4. The zero-order valence-electron chi connectivity index (χ0n) is 15.0. The lowest BCUT2D eigenvalue weighted by molar-refractivity contribution is 0.414. The number of nitrogens with zero attached hydrogens (tertiary/aromatic N) is 1. The first kappa shape index (κ1) is 16.7. The van der Waals surface area contributed by atoms with Crippen LogP contribution in [0.1, 0.15) is 29.0 Å². The SMILES string of the molecule is COc1ccc(CCNCC2CC2c2c[nH]c3ccc(C#N)cc23)cc1. The van der Waals surface area contributed by atoms with Gasteiger partial charge < -0.3 is 15.0 Å². The summed E-state index contributed by atoms with van der Waals surface area (Å²) in [5.74, 6) is 2.20. The molecule has 1 aliphatic carbocycles. The zero-order chi connectivity index (χ0) is 17.9. The van der Waals surface area contributed by atoms with E-state index in [4.69, 9.17) is 10.00 Å². The van der Waals surface area contributed by atoms with Crippen molar-refractivity contribution in [2.24, 2.45) is 5.92 Å². The average Bonchev–Trinajstić information content (AvgIpc) is 3.33. The predicted octanol–water partition coefficient (Wildman–Crippen LogP) is 3.98. The number of methoxy groups -OCH3 is 1. The van der Waals surface area contributed by atoms with Gasteiger partial charge in [0, 0.05) is 17.1 Å². The van der Waals surface area contributed by atoms with E-state index in [0.717, 1.165) is 36.3 Å². The Hall–Kier alpha value is -2.77. The van der Waals surface area contributed by atoms with E-state index in [1.54, 1.807) is 7.11 Å². The summed E-state index contributed by atoms with van der Waals surface area (Å²) < 4.78 is 5.19. The molecule has 2 N–H and O–H groups in total. The number of H-pyrrole nitrogens is 1. The highest BCUT2D eigenvalue weighted by atomic mass is 16.5. The lowest BCUT2D eigenvalue weighted by atomic mass is 10.1. The van der Waals surface area contributed by atoms with Crippen molar-refractivity contribution < 1.29 is 4.74 Å².